The van der Waals surface area contributed by atoms with E-state index in [9.17, 15) is 0 Å². The van der Waals surface area contributed by atoms with Gasteiger partial charge in [-0.1, -0.05) is 35.4 Å². The van der Waals surface area contributed by atoms with Crippen LogP contribution < -0.4 is 0 Å². The molecule has 1 heterocycles. The first-order valence-corrected chi connectivity index (χ1v) is 6.42. The van der Waals surface area contributed by atoms with Crippen molar-refractivity contribution in [1.82, 2.24) is 4.90 Å². The van der Waals surface area contributed by atoms with Crippen LogP contribution in [0, 0.1) is 0 Å². The normalized spacial score (nSPS) is 10.4. The molecule has 1 aromatic carbocycles. The first kappa shape index (κ1) is 13.4. The molecule has 18 heavy (non-hydrogen) atoms. The molecule has 1 aromatic heterocycles. The highest BCUT2D eigenvalue weighted by Gasteiger charge is 2.11. The summed E-state index contributed by atoms with van der Waals surface area (Å²) in [5.41, 5.74) is 0.872. The summed E-state index contributed by atoms with van der Waals surface area (Å²) < 4.78 is 5.70. The van der Waals surface area contributed by atoms with Crippen LogP contribution >= 0.6 is 35.4 Å². The molecular formula is C13H11Cl2NOS. The number of halogens is 2. The molecule has 94 valence electrons. The molecule has 0 N–H and O–H groups in total. The third-order valence-electron chi connectivity index (χ3n) is 2.43. The Morgan fingerprint density at radius 1 is 1.11 bits per heavy atom. The minimum absolute atomic E-state index is 0.502. The monoisotopic (exact) mass is 299 g/mol. The van der Waals surface area contributed by atoms with Crippen LogP contribution in [-0.2, 0) is 0 Å². The van der Waals surface area contributed by atoms with Gasteiger partial charge in [-0.05, 0) is 30.3 Å². The van der Waals surface area contributed by atoms with E-state index < -0.39 is 0 Å². The van der Waals surface area contributed by atoms with Crippen molar-refractivity contribution in [2.45, 2.75) is 0 Å². The van der Waals surface area contributed by atoms with Crippen LogP contribution in [0.2, 0.25) is 10.0 Å². The van der Waals surface area contributed by atoms with E-state index in [1.807, 2.05) is 37.2 Å². The molecule has 0 aliphatic carbocycles. The Morgan fingerprint density at radius 2 is 1.83 bits per heavy atom. The number of hydrogen-bond donors (Lipinski definition) is 0. The molecule has 0 radical (unpaired) electrons. The molecule has 5 heteroatoms. The zero-order chi connectivity index (χ0) is 13.3. The first-order chi connectivity index (χ1) is 8.49. The summed E-state index contributed by atoms with van der Waals surface area (Å²) in [5.74, 6) is 1.38. The molecule has 0 saturated carbocycles. The molecule has 2 rings (SSSR count). The minimum Gasteiger partial charge on any atom is -0.454 e. The zero-order valence-corrected chi connectivity index (χ0v) is 12.2. The summed E-state index contributed by atoms with van der Waals surface area (Å²) in [7, 11) is 3.76. The first-order valence-electron chi connectivity index (χ1n) is 5.26. The predicted molar refractivity (Wildman–Crippen MR) is 79.6 cm³/mol. The van der Waals surface area contributed by atoms with E-state index in [-0.39, 0.29) is 0 Å². The molecule has 0 atom stereocenters. The zero-order valence-electron chi connectivity index (χ0n) is 9.91. The molecule has 2 aromatic rings. The van der Waals surface area contributed by atoms with Crippen LogP contribution in [-0.4, -0.2) is 24.0 Å². The summed E-state index contributed by atoms with van der Waals surface area (Å²) in [6.45, 7) is 0. The van der Waals surface area contributed by atoms with Crippen LogP contribution in [0.15, 0.2) is 34.7 Å². The van der Waals surface area contributed by atoms with Gasteiger partial charge < -0.3 is 9.32 Å². The third-order valence-corrected chi connectivity index (χ3v) is 3.73. The van der Waals surface area contributed by atoms with Crippen molar-refractivity contribution >= 4 is 40.4 Å². The molecule has 0 unspecified atom stereocenters. The fourth-order valence-electron chi connectivity index (χ4n) is 1.48. The van der Waals surface area contributed by atoms with E-state index in [4.69, 9.17) is 39.8 Å². The summed E-state index contributed by atoms with van der Waals surface area (Å²) in [4.78, 5) is 2.48. The lowest BCUT2D eigenvalue weighted by molar-refractivity contribution is 0.545. The van der Waals surface area contributed by atoms with Gasteiger partial charge in [0.2, 0.25) is 0 Å². The maximum atomic E-state index is 5.98. The van der Waals surface area contributed by atoms with E-state index in [2.05, 4.69) is 0 Å². The van der Waals surface area contributed by atoms with Crippen molar-refractivity contribution in [3.8, 4) is 11.3 Å². The van der Waals surface area contributed by atoms with Crippen LogP contribution in [0.1, 0.15) is 5.76 Å². The van der Waals surface area contributed by atoms with Crippen molar-refractivity contribution in [3.63, 3.8) is 0 Å². The van der Waals surface area contributed by atoms with Gasteiger partial charge in [0, 0.05) is 19.7 Å². The van der Waals surface area contributed by atoms with Crippen LogP contribution in [0.5, 0.6) is 0 Å². The Bertz CT molecular complexity index is 592. The highest BCUT2D eigenvalue weighted by atomic mass is 35.5. The fraction of sp³-hybridized carbons (Fsp3) is 0.154. The lowest BCUT2D eigenvalue weighted by Gasteiger charge is -2.10. The quantitative estimate of drug-likeness (QED) is 0.760. The van der Waals surface area contributed by atoms with Crippen molar-refractivity contribution < 1.29 is 4.42 Å². The van der Waals surface area contributed by atoms with Crippen molar-refractivity contribution in [2.75, 3.05) is 14.1 Å². The molecule has 0 bridgehead atoms. The maximum Gasteiger partial charge on any atom is 0.162 e. The van der Waals surface area contributed by atoms with E-state index in [0.29, 0.717) is 26.6 Å². The number of benzene rings is 1. The SMILES string of the molecule is CN(C)C(=S)c1ccc(-c2ccc(Cl)c(Cl)c2)o1. The van der Waals surface area contributed by atoms with Crippen molar-refractivity contribution in [1.29, 1.82) is 0 Å². The highest BCUT2D eigenvalue weighted by molar-refractivity contribution is 7.80. The second kappa shape index (κ2) is 5.31. The smallest absolute Gasteiger partial charge is 0.162 e. The Morgan fingerprint density at radius 3 is 2.44 bits per heavy atom. The number of furan rings is 1. The topological polar surface area (TPSA) is 16.4 Å². The van der Waals surface area contributed by atoms with E-state index in [1.54, 1.807) is 12.1 Å². The minimum atomic E-state index is 0.502. The van der Waals surface area contributed by atoms with Gasteiger partial charge in [0.1, 0.15) is 10.7 Å². The van der Waals surface area contributed by atoms with Gasteiger partial charge in [0.25, 0.3) is 0 Å². The van der Waals surface area contributed by atoms with Crippen LogP contribution in [0.25, 0.3) is 11.3 Å². The molecule has 0 spiro atoms. The number of nitrogens with zero attached hydrogens (tertiary/aromatic N) is 1. The maximum absolute atomic E-state index is 5.98. The summed E-state index contributed by atoms with van der Waals surface area (Å²) in [5, 5.41) is 1.03. The molecule has 0 aliphatic heterocycles. The molecule has 0 amide bonds. The lowest BCUT2D eigenvalue weighted by Crippen LogP contribution is -2.19. The third kappa shape index (κ3) is 2.69. The molecule has 0 saturated heterocycles. The summed E-state index contributed by atoms with van der Waals surface area (Å²) in [6.07, 6.45) is 0. The predicted octanol–water partition coefficient (Wildman–Crippen LogP) is 4.49. The van der Waals surface area contributed by atoms with E-state index in [1.165, 1.54) is 0 Å². The van der Waals surface area contributed by atoms with Crippen molar-refractivity contribution in [2.24, 2.45) is 0 Å². The van der Waals surface area contributed by atoms with Crippen LogP contribution in [0.4, 0.5) is 0 Å². The fourth-order valence-corrected chi connectivity index (χ4v) is 1.89. The van der Waals surface area contributed by atoms with Gasteiger partial charge >= 0.3 is 0 Å². The molecule has 2 nitrogen and oxygen atoms in total. The Kier molecular flexibility index (Phi) is 3.95. The van der Waals surface area contributed by atoms with E-state index >= 15 is 0 Å². The van der Waals surface area contributed by atoms with Gasteiger partial charge in [-0.15, -0.1) is 0 Å². The largest absolute Gasteiger partial charge is 0.454 e. The molecule has 0 fully saturated rings. The molecule has 0 aliphatic rings. The lowest BCUT2D eigenvalue weighted by atomic mass is 10.2. The number of thiocarbonyl (C=S) groups is 1. The average molecular weight is 300 g/mol. The van der Waals surface area contributed by atoms with Gasteiger partial charge in [-0.3, -0.25) is 0 Å². The van der Waals surface area contributed by atoms with Crippen LogP contribution in [0.3, 0.4) is 0 Å². The number of hydrogen-bond acceptors (Lipinski definition) is 2. The Hall–Kier alpha value is -1.03. The van der Waals surface area contributed by atoms with E-state index in [0.717, 1.165) is 5.56 Å². The molecular weight excluding hydrogens is 289 g/mol. The average Bonchev–Trinajstić information content (AvgIpc) is 2.81. The highest BCUT2D eigenvalue weighted by Crippen LogP contribution is 2.29. The van der Waals surface area contributed by atoms with Gasteiger partial charge in [-0.25, -0.2) is 0 Å². The summed E-state index contributed by atoms with van der Waals surface area (Å²) >= 11 is 17.1. The second-order valence-corrected chi connectivity index (χ2v) is 5.19. The standard InChI is InChI=1S/C13H11Cl2NOS/c1-16(2)13(18)12-6-5-11(17-12)8-3-4-9(14)10(15)7-8/h3-7H,1-2H3. The number of rotatable bonds is 2. The Labute approximate surface area is 121 Å². The van der Waals surface area contributed by atoms with Gasteiger partial charge in [0.15, 0.2) is 5.76 Å². The summed E-state index contributed by atoms with van der Waals surface area (Å²) in [6, 6.07) is 9.08. The van der Waals surface area contributed by atoms with Gasteiger partial charge in [-0.2, -0.15) is 0 Å². The van der Waals surface area contributed by atoms with Gasteiger partial charge in [0.05, 0.1) is 10.0 Å². The second-order valence-electron chi connectivity index (χ2n) is 3.99. The van der Waals surface area contributed by atoms with Crippen molar-refractivity contribution in [3.05, 3.63) is 46.1 Å². The Balaban J connectivity index is 2.35.